The van der Waals surface area contributed by atoms with Crippen LogP contribution in [0.5, 0.6) is 0 Å². The predicted octanol–water partition coefficient (Wildman–Crippen LogP) is 6.39. The highest BCUT2D eigenvalue weighted by Crippen LogP contribution is 2.36. The normalized spacial score (nSPS) is 20.9. The van der Waals surface area contributed by atoms with Gasteiger partial charge in [0.05, 0.1) is 43.4 Å². The Balaban J connectivity index is 1.49. The van der Waals surface area contributed by atoms with Gasteiger partial charge in [-0.15, -0.1) is 0 Å². The summed E-state index contributed by atoms with van der Waals surface area (Å²) in [6, 6.07) is 20.0. The fourth-order valence-electron chi connectivity index (χ4n) is 6.51. The van der Waals surface area contributed by atoms with Crippen LogP contribution in [0.3, 0.4) is 0 Å². The number of methoxy groups -OCH3 is 1. The first-order valence-electron chi connectivity index (χ1n) is 16.3. The lowest BCUT2D eigenvalue weighted by molar-refractivity contribution is -0.0126. The molecule has 3 aromatic rings. The van der Waals surface area contributed by atoms with Crippen LogP contribution in [-0.4, -0.2) is 89.1 Å². The summed E-state index contributed by atoms with van der Waals surface area (Å²) >= 11 is 0. The third-order valence-corrected chi connectivity index (χ3v) is 8.65. The fourth-order valence-corrected chi connectivity index (χ4v) is 6.51. The highest BCUT2D eigenvalue weighted by Gasteiger charge is 2.38. The van der Waals surface area contributed by atoms with E-state index >= 15 is 0 Å². The van der Waals surface area contributed by atoms with Crippen LogP contribution in [0.4, 0.5) is 4.79 Å². The van der Waals surface area contributed by atoms with Crippen LogP contribution in [0.25, 0.3) is 11.3 Å². The molecule has 45 heavy (non-hydrogen) atoms. The molecule has 2 aliphatic rings. The maximum Gasteiger partial charge on any atom is 0.410 e. The molecule has 3 atom stereocenters. The Bertz CT molecular complexity index is 1390. The minimum Gasteiger partial charge on any atom is -0.444 e. The third-order valence-electron chi connectivity index (χ3n) is 8.65. The number of carbonyl (C=O) groups excluding carboxylic acids is 2. The second kappa shape index (κ2) is 15.1. The van der Waals surface area contributed by atoms with Gasteiger partial charge in [0.1, 0.15) is 5.60 Å². The van der Waals surface area contributed by atoms with Crippen molar-refractivity contribution in [2.24, 2.45) is 0 Å². The molecule has 2 heterocycles. The van der Waals surface area contributed by atoms with Gasteiger partial charge >= 0.3 is 6.09 Å². The van der Waals surface area contributed by atoms with E-state index in [4.69, 9.17) is 19.2 Å². The number of benzene rings is 2. The molecule has 9 nitrogen and oxygen atoms in total. The van der Waals surface area contributed by atoms with Gasteiger partial charge in [0, 0.05) is 32.3 Å². The molecule has 0 spiro atoms. The summed E-state index contributed by atoms with van der Waals surface area (Å²) in [5, 5.41) is 0. The molecule has 1 aliphatic heterocycles. The standard InChI is InChI=1S/C36H48N4O5/c1-36(2,3)45-35(42)38-20-21-39(29(25-38)24-27-14-8-5-9-15-27)34(41)32-33(28-16-10-6-11-17-28)40(26-37-32)30-18-12-7-13-19-31(30)44-23-22-43-4/h5-6,8-11,14-17,26,29-31H,7,12-13,18-25H2,1-4H3/t29-,30+,31+/m1/s1. The molecule has 1 aromatic heterocycles. The molecule has 5 rings (SSSR count). The molecule has 9 heteroatoms. The van der Waals surface area contributed by atoms with Crippen LogP contribution in [-0.2, 0) is 20.6 Å². The average molecular weight is 617 g/mol. The number of piperazine rings is 1. The third kappa shape index (κ3) is 8.32. The molecule has 2 amide bonds. The number of rotatable bonds is 9. The van der Waals surface area contributed by atoms with E-state index in [9.17, 15) is 9.59 Å². The molecular weight excluding hydrogens is 568 g/mol. The van der Waals surface area contributed by atoms with Gasteiger partial charge in [-0.1, -0.05) is 79.9 Å². The highest BCUT2D eigenvalue weighted by atomic mass is 16.6. The second-order valence-electron chi connectivity index (χ2n) is 13.1. The van der Waals surface area contributed by atoms with Gasteiger partial charge in [0.2, 0.25) is 0 Å². The van der Waals surface area contributed by atoms with Gasteiger partial charge in [0.15, 0.2) is 5.69 Å². The van der Waals surface area contributed by atoms with Gasteiger partial charge in [-0.25, -0.2) is 9.78 Å². The number of ether oxygens (including phenoxy) is 3. The molecule has 1 saturated heterocycles. The number of imidazole rings is 1. The smallest absolute Gasteiger partial charge is 0.410 e. The lowest BCUT2D eigenvalue weighted by Crippen LogP contribution is -2.58. The highest BCUT2D eigenvalue weighted by molar-refractivity contribution is 5.98. The molecule has 0 N–H and O–H groups in total. The van der Waals surface area contributed by atoms with Gasteiger partial charge in [-0.2, -0.15) is 0 Å². The Morgan fingerprint density at radius 1 is 0.911 bits per heavy atom. The summed E-state index contributed by atoms with van der Waals surface area (Å²) in [4.78, 5) is 36.2. The summed E-state index contributed by atoms with van der Waals surface area (Å²) in [7, 11) is 1.69. The topological polar surface area (TPSA) is 86.1 Å². The Kier molecular flexibility index (Phi) is 10.9. The zero-order chi connectivity index (χ0) is 31.8. The average Bonchev–Trinajstić information content (AvgIpc) is 3.33. The van der Waals surface area contributed by atoms with E-state index in [0.29, 0.717) is 45.0 Å². The fraction of sp³-hybridized carbons (Fsp3) is 0.528. The first-order chi connectivity index (χ1) is 21.7. The largest absolute Gasteiger partial charge is 0.444 e. The molecule has 1 aliphatic carbocycles. The summed E-state index contributed by atoms with van der Waals surface area (Å²) in [6.45, 7) is 7.85. The Morgan fingerprint density at radius 3 is 2.33 bits per heavy atom. The molecule has 2 aromatic carbocycles. The van der Waals surface area contributed by atoms with Gasteiger partial charge in [-0.3, -0.25) is 4.79 Å². The Labute approximate surface area is 267 Å². The lowest BCUT2D eigenvalue weighted by Gasteiger charge is -2.41. The van der Waals surface area contributed by atoms with E-state index in [0.717, 1.165) is 48.9 Å². The van der Waals surface area contributed by atoms with Gasteiger partial charge in [0.25, 0.3) is 5.91 Å². The van der Waals surface area contributed by atoms with Gasteiger partial charge in [-0.05, 0) is 45.6 Å². The molecule has 242 valence electrons. The Morgan fingerprint density at radius 2 is 1.62 bits per heavy atom. The number of amides is 2. The quantitative estimate of drug-likeness (QED) is 0.205. The van der Waals surface area contributed by atoms with Crippen molar-refractivity contribution in [3.05, 3.63) is 78.2 Å². The number of carbonyl (C=O) groups is 2. The van der Waals surface area contributed by atoms with Gasteiger partial charge < -0.3 is 28.6 Å². The zero-order valence-corrected chi connectivity index (χ0v) is 27.2. The molecule has 2 fully saturated rings. The minimum atomic E-state index is -0.598. The van der Waals surface area contributed by atoms with E-state index in [1.807, 2.05) is 80.5 Å². The van der Waals surface area contributed by atoms with E-state index < -0.39 is 5.60 Å². The summed E-state index contributed by atoms with van der Waals surface area (Å²) in [5.41, 5.74) is 2.71. The van der Waals surface area contributed by atoms with E-state index in [1.165, 1.54) is 0 Å². The molecule has 0 radical (unpaired) electrons. The lowest BCUT2D eigenvalue weighted by atomic mass is 10.00. The zero-order valence-electron chi connectivity index (χ0n) is 27.2. The summed E-state index contributed by atoms with van der Waals surface area (Å²) in [5.74, 6) is -0.122. The predicted molar refractivity (Wildman–Crippen MR) is 174 cm³/mol. The number of hydrogen-bond acceptors (Lipinski definition) is 6. The summed E-state index contributed by atoms with van der Waals surface area (Å²) < 4.78 is 19.5. The number of hydrogen-bond donors (Lipinski definition) is 0. The second-order valence-corrected chi connectivity index (χ2v) is 13.1. The van der Waals surface area contributed by atoms with E-state index in [-0.39, 0.29) is 30.2 Å². The molecule has 1 saturated carbocycles. The van der Waals surface area contributed by atoms with Crippen molar-refractivity contribution in [1.29, 1.82) is 0 Å². The summed E-state index contributed by atoms with van der Waals surface area (Å²) in [6.07, 6.45) is 7.37. The first kappa shape index (κ1) is 32.7. The van der Waals surface area contributed by atoms with Crippen LogP contribution >= 0.6 is 0 Å². The number of aromatic nitrogens is 2. The maximum atomic E-state index is 14.6. The Hall–Kier alpha value is -3.69. The minimum absolute atomic E-state index is 0.00506. The van der Waals surface area contributed by atoms with Crippen molar-refractivity contribution in [3.63, 3.8) is 0 Å². The first-order valence-corrected chi connectivity index (χ1v) is 16.3. The molecule has 0 unspecified atom stereocenters. The van der Waals surface area contributed by atoms with Crippen LogP contribution in [0.2, 0.25) is 0 Å². The van der Waals surface area contributed by atoms with Crippen LogP contribution in [0, 0.1) is 0 Å². The van der Waals surface area contributed by atoms with Crippen LogP contribution in [0.15, 0.2) is 67.0 Å². The SMILES string of the molecule is COCCO[C@H]1CCCCC[C@@H]1n1cnc(C(=O)N2CCN(C(=O)OC(C)(C)C)C[C@H]2Cc2ccccc2)c1-c1ccccc1. The van der Waals surface area contributed by atoms with Crippen LogP contribution in [0.1, 0.15) is 75.0 Å². The molecular formula is C36H48N4O5. The monoisotopic (exact) mass is 616 g/mol. The van der Waals surface area contributed by atoms with Crippen molar-refractivity contribution in [3.8, 4) is 11.3 Å². The maximum absolute atomic E-state index is 14.6. The van der Waals surface area contributed by atoms with E-state index in [1.54, 1.807) is 12.0 Å². The van der Waals surface area contributed by atoms with Crippen molar-refractivity contribution < 1.29 is 23.8 Å². The van der Waals surface area contributed by atoms with Crippen LogP contribution < -0.4 is 0 Å². The van der Waals surface area contributed by atoms with Crippen molar-refractivity contribution in [2.75, 3.05) is 40.0 Å². The van der Waals surface area contributed by atoms with E-state index in [2.05, 4.69) is 16.7 Å². The molecule has 0 bridgehead atoms. The van der Waals surface area contributed by atoms with Crippen molar-refractivity contribution in [1.82, 2.24) is 19.4 Å². The van der Waals surface area contributed by atoms with Crippen molar-refractivity contribution in [2.45, 2.75) is 83.1 Å². The van der Waals surface area contributed by atoms with Crippen molar-refractivity contribution >= 4 is 12.0 Å². The number of nitrogens with zero attached hydrogens (tertiary/aromatic N) is 4.